The number of rotatable bonds is 3. The van der Waals surface area contributed by atoms with Crippen molar-refractivity contribution in [1.29, 1.82) is 0 Å². The van der Waals surface area contributed by atoms with Gasteiger partial charge in [0.05, 0.1) is 5.69 Å². The first-order valence-corrected chi connectivity index (χ1v) is 6.96. The molecule has 2 rings (SSSR count). The van der Waals surface area contributed by atoms with Gasteiger partial charge in [0.1, 0.15) is 12.1 Å². The Morgan fingerprint density at radius 2 is 1.95 bits per heavy atom. The fourth-order valence-electron chi connectivity index (χ4n) is 2.57. The zero-order valence-corrected chi connectivity index (χ0v) is 12.2. The lowest BCUT2D eigenvalue weighted by atomic mass is 9.95. The predicted octanol–water partition coefficient (Wildman–Crippen LogP) is 2.23. The van der Waals surface area contributed by atoms with Gasteiger partial charge in [0.25, 0.3) is 0 Å². The summed E-state index contributed by atoms with van der Waals surface area (Å²) in [5.41, 5.74) is -0.188. The van der Waals surface area contributed by atoms with E-state index in [4.69, 9.17) is 0 Å². The Hall–Kier alpha value is -1.98. The van der Waals surface area contributed by atoms with Crippen molar-refractivity contribution in [2.75, 3.05) is 4.90 Å². The van der Waals surface area contributed by atoms with E-state index in [1.54, 1.807) is 20.8 Å². The van der Waals surface area contributed by atoms with Gasteiger partial charge >= 0.3 is 0 Å². The first kappa shape index (κ1) is 15.4. The van der Waals surface area contributed by atoms with Gasteiger partial charge in [-0.15, -0.1) is 0 Å². The summed E-state index contributed by atoms with van der Waals surface area (Å²) in [6.07, 6.45) is 0.392. The van der Waals surface area contributed by atoms with E-state index in [1.807, 2.05) is 0 Å². The highest BCUT2D eigenvalue weighted by Crippen LogP contribution is 2.29. The molecule has 0 aromatic heterocycles. The number of nitrogens with one attached hydrogen (secondary N) is 1. The Bertz CT molecular complexity index is 575. The molecule has 1 heterocycles. The second kappa shape index (κ2) is 5.79. The van der Waals surface area contributed by atoms with Crippen LogP contribution >= 0.6 is 0 Å². The molecule has 114 valence electrons. The van der Waals surface area contributed by atoms with E-state index in [0.29, 0.717) is 6.42 Å². The molecule has 1 aliphatic heterocycles. The Labute approximate surface area is 122 Å². The number of benzene rings is 1. The van der Waals surface area contributed by atoms with Crippen LogP contribution in [0.3, 0.4) is 0 Å². The van der Waals surface area contributed by atoms with Crippen LogP contribution in [-0.4, -0.2) is 23.9 Å². The van der Waals surface area contributed by atoms with Crippen molar-refractivity contribution in [2.45, 2.75) is 39.3 Å². The van der Waals surface area contributed by atoms with Gasteiger partial charge in [0.2, 0.25) is 11.8 Å². The minimum Gasteiger partial charge on any atom is -0.342 e. The summed E-state index contributed by atoms with van der Waals surface area (Å²) in [6, 6.07) is 2.06. The third-order valence-electron chi connectivity index (χ3n) is 3.63. The first-order valence-electron chi connectivity index (χ1n) is 6.96. The van der Waals surface area contributed by atoms with Crippen molar-refractivity contribution in [1.82, 2.24) is 5.32 Å². The molecule has 1 aromatic carbocycles. The maximum Gasteiger partial charge on any atom is 0.250 e. The van der Waals surface area contributed by atoms with Gasteiger partial charge in [-0.25, -0.2) is 8.78 Å². The summed E-state index contributed by atoms with van der Waals surface area (Å²) in [5, 5.41) is 2.63. The summed E-state index contributed by atoms with van der Waals surface area (Å²) < 4.78 is 27.5. The zero-order valence-electron chi connectivity index (χ0n) is 12.2. The molecule has 0 aliphatic carbocycles. The molecule has 1 saturated heterocycles. The second-order valence-electron chi connectivity index (χ2n) is 5.44. The van der Waals surface area contributed by atoms with E-state index in [1.165, 1.54) is 12.1 Å². The van der Waals surface area contributed by atoms with Gasteiger partial charge in [-0.1, -0.05) is 26.8 Å². The molecule has 6 heteroatoms. The molecule has 0 spiro atoms. The maximum atomic E-state index is 14.1. The number of amides is 2. The van der Waals surface area contributed by atoms with Gasteiger partial charge in [0.15, 0.2) is 11.6 Å². The standard InChI is InChI=1S/C15H18F2N2O2/c1-4-10-15(21)19(13(8(2)3)14(20)18-10)11-7-5-6-9(16)12(11)17/h5-8,10,13H,4H2,1-3H3,(H,18,20). The predicted molar refractivity (Wildman–Crippen MR) is 74.7 cm³/mol. The third kappa shape index (κ3) is 2.62. The smallest absolute Gasteiger partial charge is 0.250 e. The van der Waals surface area contributed by atoms with E-state index in [2.05, 4.69) is 5.32 Å². The zero-order chi connectivity index (χ0) is 15.7. The summed E-state index contributed by atoms with van der Waals surface area (Å²) in [7, 11) is 0. The number of carbonyl (C=O) groups excluding carboxylic acids is 2. The summed E-state index contributed by atoms with van der Waals surface area (Å²) in [6.45, 7) is 5.26. The topological polar surface area (TPSA) is 49.4 Å². The van der Waals surface area contributed by atoms with Crippen LogP contribution in [0, 0.1) is 17.6 Å². The Balaban J connectivity index is 2.55. The molecule has 0 radical (unpaired) electrons. The Kier molecular flexibility index (Phi) is 4.25. The second-order valence-corrected chi connectivity index (χ2v) is 5.44. The quantitative estimate of drug-likeness (QED) is 0.930. The van der Waals surface area contributed by atoms with Crippen LogP contribution in [0.15, 0.2) is 18.2 Å². The number of carbonyl (C=O) groups is 2. The van der Waals surface area contributed by atoms with Crippen molar-refractivity contribution < 1.29 is 18.4 Å². The molecule has 1 aromatic rings. The van der Waals surface area contributed by atoms with Crippen LogP contribution in [0.5, 0.6) is 0 Å². The lowest BCUT2D eigenvalue weighted by Crippen LogP contribution is -2.65. The highest BCUT2D eigenvalue weighted by atomic mass is 19.2. The average molecular weight is 296 g/mol. The SMILES string of the molecule is CCC1NC(=O)C(C(C)C)N(c2cccc(F)c2F)C1=O. The molecule has 1 fully saturated rings. The molecular formula is C15H18F2N2O2. The van der Waals surface area contributed by atoms with Crippen molar-refractivity contribution >= 4 is 17.5 Å². The maximum absolute atomic E-state index is 14.1. The molecule has 21 heavy (non-hydrogen) atoms. The van der Waals surface area contributed by atoms with E-state index >= 15 is 0 Å². The van der Waals surface area contributed by atoms with Gasteiger partial charge in [-0.3, -0.25) is 14.5 Å². The Morgan fingerprint density at radius 1 is 1.29 bits per heavy atom. The van der Waals surface area contributed by atoms with E-state index in [0.717, 1.165) is 11.0 Å². The van der Waals surface area contributed by atoms with Crippen LogP contribution in [0.2, 0.25) is 0 Å². The highest BCUT2D eigenvalue weighted by Gasteiger charge is 2.43. The summed E-state index contributed by atoms with van der Waals surface area (Å²) >= 11 is 0. The minimum atomic E-state index is -1.11. The van der Waals surface area contributed by atoms with Gasteiger partial charge in [0, 0.05) is 0 Å². The molecule has 0 saturated carbocycles. The molecule has 1 N–H and O–H groups in total. The van der Waals surface area contributed by atoms with E-state index in [-0.39, 0.29) is 17.5 Å². The Morgan fingerprint density at radius 3 is 2.52 bits per heavy atom. The number of hydrogen-bond donors (Lipinski definition) is 1. The van der Waals surface area contributed by atoms with Crippen molar-refractivity contribution in [3.05, 3.63) is 29.8 Å². The van der Waals surface area contributed by atoms with Gasteiger partial charge in [-0.05, 0) is 24.5 Å². The molecule has 1 aliphatic rings. The monoisotopic (exact) mass is 296 g/mol. The fraction of sp³-hybridized carbons (Fsp3) is 0.467. The summed E-state index contributed by atoms with van der Waals surface area (Å²) in [4.78, 5) is 25.8. The van der Waals surface area contributed by atoms with Crippen LogP contribution in [0.1, 0.15) is 27.2 Å². The molecule has 2 unspecified atom stereocenters. The normalized spacial score (nSPS) is 22.7. The van der Waals surface area contributed by atoms with Gasteiger partial charge in [-0.2, -0.15) is 0 Å². The number of hydrogen-bond acceptors (Lipinski definition) is 2. The minimum absolute atomic E-state index is 0.188. The molecule has 2 atom stereocenters. The number of nitrogens with zero attached hydrogens (tertiary/aromatic N) is 1. The van der Waals surface area contributed by atoms with E-state index in [9.17, 15) is 18.4 Å². The van der Waals surface area contributed by atoms with Crippen molar-refractivity contribution in [3.63, 3.8) is 0 Å². The van der Waals surface area contributed by atoms with Crippen LogP contribution in [0.4, 0.5) is 14.5 Å². The van der Waals surface area contributed by atoms with E-state index < -0.39 is 29.6 Å². The third-order valence-corrected chi connectivity index (χ3v) is 3.63. The first-order chi connectivity index (χ1) is 9.88. The molecular weight excluding hydrogens is 278 g/mol. The number of halogens is 2. The van der Waals surface area contributed by atoms with Crippen LogP contribution in [0.25, 0.3) is 0 Å². The summed E-state index contributed by atoms with van der Waals surface area (Å²) in [5.74, 6) is -3.14. The lowest BCUT2D eigenvalue weighted by molar-refractivity contribution is -0.134. The number of anilines is 1. The van der Waals surface area contributed by atoms with Gasteiger partial charge < -0.3 is 5.32 Å². The fourth-order valence-corrected chi connectivity index (χ4v) is 2.57. The largest absolute Gasteiger partial charge is 0.342 e. The van der Waals surface area contributed by atoms with Crippen LogP contribution < -0.4 is 10.2 Å². The molecule has 2 amide bonds. The highest BCUT2D eigenvalue weighted by molar-refractivity contribution is 6.08. The van der Waals surface area contributed by atoms with Crippen LogP contribution in [-0.2, 0) is 9.59 Å². The van der Waals surface area contributed by atoms with Crippen molar-refractivity contribution in [2.24, 2.45) is 5.92 Å². The average Bonchev–Trinajstić information content (AvgIpc) is 2.43. The molecule has 0 bridgehead atoms. The molecule has 4 nitrogen and oxygen atoms in total. The number of piperazine rings is 1. The van der Waals surface area contributed by atoms with Crippen molar-refractivity contribution in [3.8, 4) is 0 Å². The lowest BCUT2D eigenvalue weighted by Gasteiger charge is -2.40.